The molecule has 2 aromatic carbocycles. The Labute approximate surface area is 131 Å². The van der Waals surface area contributed by atoms with Gasteiger partial charge in [-0.1, -0.05) is 24.3 Å². The maximum Gasteiger partial charge on any atom is 0.253 e. The number of amides is 1. The lowest BCUT2D eigenvalue weighted by molar-refractivity contribution is 0.0762. The largest absolute Gasteiger partial charge is 0.338 e. The Kier molecular flexibility index (Phi) is 4.06. The maximum absolute atomic E-state index is 13.6. The van der Waals surface area contributed by atoms with Crippen LogP contribution in [0.4, 0.5) is 4.39 Å². The van der Waals surface area contributed by atoms with E-state index in [4.69, 9.17) is 0 Å². The molecule has 0 unspecified atom stereocenters. The summed E-state index contributed by atoms with van der Waals surface area (Å²) in [6, 6.07) is 12.8. The number of benzene rings is 2. The first-order valence-electron chi connectivity index (χ1n) is 6.96. The van der Waals surface area contributed by atoms with Crippen molar-refractivity contribution in [3.63, 3.8) is 0 Å². The summed E-state index contributed by atoms with van der Waals surface area (Å²) in [5.74, 6) is -0.506. The number of hydrogen-bond donors (Lipinski definition) is 0. The smallest absolute Gasteiger partial charge is 0.253 e. The average Bonchev–Trinajstić information content (AvgIpc) is 2.72. The predicted molar refractivity (Wildman–Crippen MR) is 83.9 cm³/mol. The van der Waals surface area contributed by atoms with Crippen LogP contribution >= 0.6 is 15.9 Å². The van der Waals surface area contributed by atoms with Gasteiger partial charge < -0.3 is 4.90 Å². The van der Waals surface area contributed by atoms with Crippen LogP contribution in [0.3, 0.4) is 0 Å². The molecule has 0 radical (unpaired) electrons. The molecule has 0 atom stereocenters. The third-order valence-electron chi connectivity index (χ3n) is 3.87. The number of rotatable bonds is 1. The number of fused-ring (bicyclic) bond motifs is 1. The molecule has 21 heavy (non-hydrogen) atoms. The molecule has 0 aromatic heterocycles. The van der Waals surface area contributed by atoms with Gasteiger partial charge in [-0.25, -0.2) is 4.39 Å². The number of hydrogen-bond acceptors (Lipinski definition) is 1. The summed E-state index contributed by atoms with van der Waals surface area (Å²) in [6.07, 6.45) is 1.70. The highest BCUT2D eigenvalue weighted by Gasteiger charge is 2.20. The summed E-state index contributed by atoms with van der Waals surface area (Å²) >= 11 is 3.11. The Morgan fingerprint density at radius 1 is 1.05 bits per heavy atom. The van der Waals surface area contributed by atoms with E-state index in [0.717, 1.165) is 12.8 Å². The minimum atomic E-state index is -0.404. The zero-order valence-corrected chi connectivity index (χ0v) is 13.1. The van der Waals surface area contributed by atoms with E-state index >= 15 is 0 Å². The van der Waals surface area contributed by atoms with E-state index < -0.39 is 5.82 Å². The minimum absolute atomic E-state index is 0.103. The lowest BCUT2D eigenvalue weighted by atomic mass is 10.0. The first kappa shape index (κ1) is 14.3. The predicted octanol–water partition coefficient (Wildman–Crippen LogP) is 3.83. The van der Waals surface area contributed by atoms with E-state index in [1.807, 2.05) is 17.0 Å². The quantitative estimate of drug-likeness (QED) is 0.767. The molecule has 2 nitrogen and oxygen atoms in total. The molecule has 1 aliphatic heterocycles. The molecule has 3 rings (SSSR count). The molecule has 1 heterocycles. The molecule has 0 spiro atoms. The van der Waals surface area contributed by atoms with Crippen LogP contribution in [0.2, 0.25) is 0 Å². The van der Waals surface area contributed by atoms with Crippen molar-refractivity contribution in [1.29, 1.82) is 0 Å². The van der Waals surface area contributed by atoms with Crippen LogP contribution in [0, 0.1) is 5.82 Å². The Morgan fingerprint density at radius 3 is 2.24 bits per heavy atom. The first-order chi connectivity index (χ1) is 10.1. The zero-order valence-electron chi connectivity index (χ0n) is 11.5. The van der Waals surface area contributed by atoms with Gasteiger partial charge in [0.25, 0.3) is 5.91 Å². The highest BCUT2D eigenvalue weighted by atomic mass is 79.9. The van der Waals surface area contributed by atoms with Crippen LogP contribution in [-0.4, -0.2) is 23.9 Å². The van der Waals surface area contributed by atoms with Crippen LogP contribution in [0.1, 0.15) is 21.5 Å². The van der Waals surface area contributed by atoms with Crippen molar-refractivity contribution in [3.8, 4) is 0 Å². The van der Waals surface area contributed by atoms with Gasteiger partial charge in [0.1, 0.15) is 5.82 Å². The van der Waals surface area contributed by atoms with Crippen molar-refractivity contribution in [1.82, 2.24) is 4.90 Å². The summed E-state index contributed by atoms with van der Waals surface area (Å²) < 4.78 is 14.0. The molecular weight excluding hydrogens is 333 g/mol. The van der Waals surface area contributed by atoms with Crippen molar-refractivity contribution < 1.29 is 9.18 Å². The fourth-order valence-corrected chi connectivity index (χ4v) is 2.93. The molecule has 0 saturated carbocycles. The molecule has 0 aliphatic carbocycles. The molecule has 0 bridgehead atoms. The van der Waals surface area contributed by atoms with Gasteiger partial charge in [-0.15, -0.1) is 0 Å². The SMILES string of the molecule is O=C(c1ccc(Br)c(F)c1)N1CCc2ccccc2CC1. The van der Waals surface area contributed by atoms with Crippen molar-refractivity contribution in [2.24, 2.45) is 0 Å². The van der Waals surface area contributed by atoms with Crippen LogP contribution in [0.15, 0.2) is 46.9 Å². The minimum Gasteiger partial charge on any atom is -0.338 e. The van der Waals surface area contributed by atoms with Gasteiger partial charge in [0, 0.05) is 18.7 Å². The third kappa shape index (κ3) is 3.00. The summed E-state index contributed by atoms with van der Waals surface area (Å²) in [7, 11) is 0. The lowest BCUT2D eigenvalue weighted by Gasteiger charge is -2.20. The highest BCUT2D eigenvalue weighted by molar-refractivity contribution is 9.10. The number of carbonyl (C=O) groups excluding carboxylic acids is 1. The Balaban J connectivity index is 1.79. The summed E-state index contributed by atoms with van der Waals surface area (Å²) in [6.45, 7) is 1.35. The van der Waals surface area contributed by atoms with E-state index in [-0.39, 0.29) is 5.91 Å². The third-order valence-corrected chi connectivity index (χ3v) is 4.52. The van der Waals surface area contributed by atoms with Crippen molar-refractivity contribution in [2.75, 3.05) is 13.1 Å². The Bertz CT molecular complexity index is 659. The molecule has 0 fully saturated rings. The second kappa shape index (κ2) is 5.98. The monoisotopic (exact) mass is 347 g/mol. The van der Waals surface area contributed by atoms with Crippen LogP contribution in [0.5, 0.6) is 0 Å². The Morgan fingerprint density at radius 2 is 1.67 bits per heavy atom. The molecule has 0 saturated heterocycles. The van der Waals surface area contributed by atoms with Crippen LogP contribution in [-0.2, 0) is 12.8 Å². The fourth-order valence-electron chi connectivity index (χ4n) is 2.68. The number of halogens is 2. The molecule has 2 aromatic rings. The normalized spacial score (nSPS) is 14.5. The van der Waals surface area contributed by atoms with Crippen molar-refractivity contribution in [3.05, 3.63) is 69.4 Å². The van der Waals surface area contributed by atoms with Gasteiger partial charge in [-0.3, -0.25) is 4.79 Å². The summed E-state index contributed by atoms with van der Waals surface area (Å²) in [4.78, 5) is 14.3. The number of carbonyl (C=O) groups is 1. The molecule has 108 valence electrons. The summed E-state index contributed by atoms with van der Waals surface area (Å²) in [5, 5.41) is 0. The van der Waals surface area contributed by atoms with Gasteiger partial charge in [-0.05, 0) is 58.1 Å². The maximum atomic E-state index is 13.6. The highest BCUT2D eigenvalue weighted by Crippen LogP contribution is 2.20. The van der Waals surface area contributed by atoms with Gasteiger partial charge in [0.15, 0.2) is 0 Å². The van der Waals surface area contributed by atoms with Crippen LogP contribution in [0.25, 0.3) is 0 Å². The number of nitrogens with zero attached hydrogens (tertiary/aromatic N) is 1. The standard InChI is InChI=1S/C17H15BrFNO/c18-15-6-5-14(11-16(15)19)17(21)20-9-7-12-3-1-2-4-13(12)8-10-20/h1-6,11H,7-10H2. The van der Waals surface area contributed by atoms with Crippen molar-refractivity contribution >= 4 is 21.8 Å². The van der Waals surface area contributed by atoms with Gasteiger partial charge in [-0.2, -0.15) is 0 Å². The average molecular weight is 348 g/mol. The fraction of sp³-hybridized carbons (Fsp3) is 0.235. The van der Waals surface area contributed by atoms with Crippen LogP contribution < -0.4 is 0 Å². The molecule has 1 aliphatic rings. The molecule has 1 amide bonds. The van der Waals surface area contributed by atoms with E-state index in [9.17, 15) is 9.18 Å². The molecular formula is C17H15BrFNO. The summed E-state index contributed by atoms with van der Waals surface area (Å²) in [5.41, 5.74) is 3.01. The van der Waals surface area contributed by atoms with E-state index in [1.54, 1.807) is 12.1 Å². The van der Waals surface area contributed by atoms with Gasteiger partial charge in [0.05, 0.1) is 4.47 Å². The Hall–Kier alpha value is -1.68. The zero-order chi connectivity index (χ0) is 14.8. The van der Waals surface area contributed by atoms with Crippen molar-refractivity contribution in [2.45, 2.75) is 12.8 Å². The van der Waals surface area contributed by atoms with E-state index in [0.29, 0.717) is 23.1 Å². The molecule has 0 N–H and O–H groups in total. The lowest BCUT2D eigenvalue weighted by Crippen LogP contribution is -2.33. The van der Waals surface area contributed by atoms with E-state index in [1.165, 1.54) is 17.2 Å². The van der Waals surface area contributed by atoms with Gasteiger partial charge >= 0.3 is 0 Å². The second-order valence-corrected chi connectivity index (χ2v) is 6.04. The molecule has 4 heteroatoms. The van der Waals surface area contributed by atoms with E-state index in [2.05, 4.69) is 28.1 Å². The van der Waals surface area contributed by atoms with Gasteiger partial charge in [0.2, 0.25) is 0 Å². The topological polar surface area (TPSA) is 20.3 Å². The second-order valence-electron chi connectivity index (χ2n) is 5.19. The first-order valence-corrected chi connectivity index (χ1v) is 7.75.